The predicted molar refractivity (Wildman–Crippen MR) is 60.7 cm³/mol. The quantitative estimate of drug-likeness (QED) is 0.857. The van der Waals surface area contributed by atoms with E-state index in [9.17, 15) is 18.0 Å². The maximum Gasteiger partial charge on any atom is 0.291 e. The number of carbonyl (C=O) groups excluding carboxylic acids is 1. The molecule has 0 atom stereocenters. The zero-order valence-corrected chi connectivity index (χ0v) is 10.2. The molecule has 0 aliphatic heterocycles. The molecule has 1 N–H and O–H groups in total. The molecule has 0 radical (unpaired) electrons. The molecule has 0 unspecified atom stereocenters. The van der Waals surface area contributed by atoms with Crippen molar-refractivity contribution in [2.75, 3.05) is 5.32 Å². The number of halogens is 4. The summed E-state index contributed by atoms with van der Waals surface area (Å²) in [5, 5.41) is 2.07. The topological polar surface area (TPSA) is 42.2 Å². The van der Waals surface area contributed by atoms with Crippen molar-refractivity contribution < 1.29 is 22.4 Å². The van der Waals surface area contributed by atoms with E-state index in [2.05, 4.69) is 21.2 Å². The molecule has 3 nitrogen and oxygen atoms in total. The Morgan fingerprint density at radius 3 is 2.39 bits per heavy atom. The minimum Gasteiger partial charge on any atom is -0.444 e. The van der Waals surface area contributed by atoms with E-state index in [-0.39, 0.29) is 5.76 Å². The maximum atomic E-state index is 13.3. The van der Waals surface area contributed by atoms with E-state index in [4.69, 9.17) is 4.42 Å². The molecule has 0 bridgehead atoms. The molecule has 1 heterocycles. The molecule has 0 aliphatic carbocycles. The van der Waals surface area contributed by atoms with Gasteiger partial charge < -0.3 is 9.73 Å². The zero-order valence-electron chi connectivity index (χ0n) is 8.64. The van der Waals surface area contributed by atoms with Gasteiger partial charge in [-0.3, -0.25) is 4.79 Å². The van der Waals surface area contributed by atoms with Crippen molar-refractivity contribution in [2.24, 2.45) is 0 Å². The first-order valence-electron chi connectivity index (χ1n) is 4.68. The molecule has 1 aromatic carbocycles. The lowest BCUT2D eigenvalue weighted by Gasteiger charge is -2.05. The highest BCUT2D eigenvalue weighted by Gasteiger charge is 2.15. The Hall–Kier alpha value is -1.76. The smallest absolute Gasteiger partial charge is 0.291 e. The molecule has 2 aromatic rings. The fourth-order valence-corrected chi connectivity index (χ4v) is 1.55. The van der Waals surface area contributed by atoms with Crippen LogP contribution in [-0.2, 0) is 0 Å². The summed E-state index contributed by atoms with van der Waals surface area (Å²) in [6.07, 6.45) is 0. The molecule has 94 valence electrons. The van der Waals surface area contributed by atoms with Gasteiger partial charge in [0.25, 0.3) is 5.91 Å². The Morgan fingerprint density at radius 1 is 1.11 bits per heavy atom. The second kappa shape index (κ2) is 4.85. The van der Waals surface area contributed by atoms with Crippen LogP contribution in [0.5, 0.6) is 0 Å². The van der Waals surface area contributed by atoms with Gasteiger partial charge in [-0.1, -0.05) is 0 Å². The standard InChI is InChI=1S/C11H5BrF3NO2/c12-10-2-1-9(18-10)11(17)16-8-4-6(14)5(13)3-7(8)15/h1-4H,(H,16,17). The van der Waals surface area contributed by atoms with E-state index in [1.54, 1.807) is 0 Å². The number of rotatable bonds is 2. The Morgan fingerprint density at radius 2 is 1.78 bits per heavy atom. The number of hydrogen-bond donors (Lipinski definition) is 1. The summed E-state index contributed by atoms with van der Waals surface area (Å²) in [5.74, 6) is -4.52. The zero-order chi connectivity index (χ0) is 13.3. The van der Waals surface area contributed by atoms with E-state index in [1.807, 2.05) is 0 Å². The van der Waals surface area contributed by atoms with Gasteiger partial charge in [-0.2, -0.15) is 0 Å². The van der Waals surface area contributed by atoms with E-state index in [0.29, 0.717) is 16.8 Å². The summed E-state index contributed by atoms with van der Waals surface area (Å²) < 4.78 is 44.1. The van der Waals surface area contributed by atoms with Crippen LogP contribution in [0.1, 0.15) is 10.6 Å². The van der Waals surface area contributed by atoms with Crippen molar-refractivity contribution in [2.45, 2.75) is 0 Å². The molecule has 1 aromatic heterocycles. The number of furan rings is 1. The van der Waals surface area contributed by atoms with Crippen LogP contribution in [0.4, 0.5) is 18.9 Å². The third-order valence-corrected chi connectivity index (χ3v) is 2.48. The summed E-state index contributed by atoms with van der Waals surface area (Å²) in [5.41, 5.74) is -0.466. The van der Waals surface area contributed by atoms with Crippen LogP contribution in [0.25, 0.3) is 0 Å². The lowest BCUT2D eigenvalue weighted by molar-refractivity contribution is 0.0995. The van der Waals surface area contributed by atoms with Gasteiger partial charge in [-0.25, -0.2) is 13.2 Å². The summed E-state index contributed by atoms with van der Waals surface area (Å²) in [7, 11) is 0. The Bertz CT molecular complexity index is 612. The second-order valence-electron chi connectivity index (χ2n) is 3.30. The summed E-state index contributed by atoms with van der Waals surface area (Å²) in [6, 6.07) is 3.72. The lowest BCUT2D eigenvalue weighted by atomic mass is 10.2. The summed E-state index contributed by atoms with van der Waals surface area (Å²) in [4.78, 5) is 11.6. The maximum absolute atomic E-state index is 13.3. The van der Waals surface area contributed by atoms with Gasteiger partial charge in [0.2, 0.25) is 0 Å². The Balaban J connectivity index is 2.24. The van der Waals surface area contributed by atoms with Crippen molar-refractivity contribution in [3.63, 3.8) is 0 Å². The molecular formula is C11H5BrF3NO2. The van der Waals surface area contributed by atoms with E-state index in [0.717, 1.165) is 0 Å². The highest BCUT2D eigenvalue weighted by molar-refractivity contribution is 9.10. The summed E-state index contributed by atoms with van der Waals surface area (Å²) in [6.45, 7) is 0. The first-order chi connectivity index (χ1) is 8.47. The van der Waals surface area contributed by atoms with Gasteiger partial charge in [0.05, 0.1) is 5.69 Å². The second-order valence-corrected chi connectivity index (χ2v) is 4.09. The average molecular weight is 320 g/mol. The highest BCUT2D eigenvalue weighted by atomic mass is 79.9. The molecule has 2 rings (SSSR count). The minimum atomic E-state index is -1.33. The predicted octanol–water partition coefficient (Wildman–Crippen LogP) is 3.71. The monoisotopic (exact) mass is 319 g/mol. The molecule has 18 heavy (non-hydrogen) atoms. The molecule has 0 spiro atoms. The number of anilines is 1. The first kappa shape index (κ1) is 12.7. The number of carbonyl (C=O) groups is 1. The van der Waals surface area contributed by atoms with Crippen LogP contribution in [-0.4, -0.2) is 5.91 Å². The third-order valence-electron chi connectivity index (χ3n) is 2.06. The van der Waals surface area contributed by atoms with E-state index in [1.165, 1.54) is 12.1 Å². The van der Waals surface area contributed by atoms with Crippen LogP contribution < -0.4 is 5.32 Å². The summed E-state index contributed by atoms with van der Waals surface area (Å²) >= 11 is 2.99. The fourth-order valence-electron chi connectivity index (χ4n) is 1.24. The molecular weight excluding hydrogens is 315 g/mol. The van der Waals surface area contributed by atoms with E-state index >= 15 is 0 Å². The van der Waals surface area contributed by atoms with Gasteiger partial charge in [-0.05, 0) is 28.1 Å². The number of amides is 1. The molecule has 0 aliphatic rings. The van der Waals surface area contributed by atoms with Crippen molar-refractivity contribution in [1.82, 2.24) is 0 Å². The number of nitrogens with one attached hydrogen (secondary N) is 1. The van der Waals surface area contributed by atoms with Gasteiger partial charge in [0.1, 0.15) is 5.82 Å². The van der Waals surface area contributed by atoms with Crippen molar-refractivity contribution in [3.05, 3.63) is 52.1 Å². The van der Waals surface area contributed by atoms with E-state index < -0.39 is 29.0 Å². The Kier molecular flexibility index (Phi) is 3.42. The third kappa shape index (κ3) is 2.56. The van der Waals surface area contributed by atoms with Crippen molar-refractivity contribution in [1.29, 1.82) is 0 Å². The van der Waals surface area contributed by atoms with Gasteiger partial charge in [0, 0.05) is 12.1 Å². The van der Waals surface area contributed by atoms with Gasteiger partial charge in [0.15, 0.2) is 22.1 Å². The van der Waals surface area contributed by atoms with Crippen molar-refractivity contribution >= 4 is 27.5 Å². The Labute approximate surface area is 108 Å². The molecule has 0 saturated heterocycles. The van der Waals surface area contributed by atoms with Gasteiger partial charge >= 0.3 is 0 Å². The minimum absolute atomic E-state index is 0.0917. The fraction of sp³-hybridized carbons (Fsp3) is 0. The lowest BCUT2D eigenvalue weighted by Crippen LogP contribution is -2.12. The largest absolute Gasteiger partial charge is 0.444 e. The molecule has 7 heteroatoms. The molecule has 0 saturated carbocycles. The van der Waals surface area contributed by atoms with Crippen LogP contribution in [0.2, 0.25) is 0 Å². The number of benzene rings is 1. The average Bonchev–Trinajstić information content (AvgIpc) is 2.73. The SMILES string of the molecule is O=C(Nc1cc(F)c(F)cc1F)c1ccc(Br)o1. The first-order valence-corrected chi connectivity index (χ1v) is 5.48. The molecule has 1 amide bonds. The van der Waals surface area contributed by atoms with Crippen molar-refractivity contribution in [3.8, 4) is 0 Å². The normalized spacial score (nSPS) is 10.4. The molecule has 0 fully saturated rings. The van der Waals surface area contributed by atoms with Crippen LogP contribution >= 0.6 is 15.9 Å². The van der Waals surface area contributed by atoms with Crippen LogP contribution in [0.3, 0.4) is 0 Å². The highest BCUT2D eigenvalue weighted by Crippen LogP contribution is 2.20. The van der Waals surface area contributed by atoms with Crippen LogP contribution in [0, 0.1) is 17.5 Å². The number of hydrogen-bond acceptors (Lipinski definition) is 2. The van der Waals surface area contributed by atoms with Gasteiger partial charge in [-0.15, -0.1) is 0 Å². The van der Waals surface area contributed by atoms with Crippen LogP contribution in [0.15, 0.2) is 33.4 Å².